The third kappa shape index (κ3) is 1.21. The van der Waals surface area contributed by atoms with Gasteiger partial charge in [0.05, 0.1) is 0 Å². The molecule has 0 radical (unpaired) electrons. The van der Waals surface area contributed by atoms with Crippen LogP contribution < -0.4 is 5.32 Å². The largest absolute Gasteiger partial charge is 0.430 e. The van der Waals surface area contributed by atoms with E-state index in [-0.39, 0.29) is 5.69 Å². The van der Waals surface area contributed by atoms with E-state index in [1.165, 1.54) is 0 Å². The van der Waals surface area contributed by atoms with Crippen LogP contribution in [0.1, 0.15) is 5.56 Å². The maximum absolute atomic E-state index is 12.8. The van der Waals surface area contributed by atoms with Crippen molar-refractivity contribution < 1.29 is 27.5 Å². The third-order valence-electron chi connectivity index (χ3n) is 2.36. The van der Waals surface area contributed by atoms with Gasteiger partial charge in [-0.25, -0.2) is 4.39 Å². The van der Waals surface area contributed by atoms with Crippen LogP contribution in [0.15, 0.2) is 18.2 Å². The van der Waals surface area contributed by atoms with Crippen molar-refractivity contribution in [1.29, 1.82) is 0 Å². The summed E-state index contributed by atoms with van der Waals surface area (Å²) in [5, 5.41) is 11.2. The SMILES string of the molecule is O=C1Nc2ccc(F)cc2C1(O)C(F)(F)F. The van der Waals surface area contributed by atoms with Gasteiger partial charge in [0, 0.05) is 11.3 Å². The van der Waals surface area contributed by atoms with Gasteiger partial charge in [0.1, 0.15) is 5.82 Å². The molecule has 0 aliphatic carbocycles. The molecule has 0 saturated carbocycles. The lowest BCUT2D eigenvalue weighted by Crippen LogP contribution is -2.47. The highest BCUT2D eigenvalue weighted by molar-refractivity contribution is 6.05. The molecule has 0 aromatic heterocycles. The number of anilines is 1. The number of hydrogen-bond donors (Lipinski definition) is 2. The molecule has 2 rings (SSSR count). The number of rotatable bonds is 0. The highest BCUT2D eigenvalue weighted by Gasteiger charge is 2.64. The number of carbonyl (C=O) groups excluding carboxylic acids is 1. The number of nitrogens with one attached hydrogen (secondary N) is 1. The molecule has 1 aliphatic rings. The zero-order valence-electron chi connectivity index (χ0n) is 7.60. The summed E-state index contributed by atoms with van der Waals surface area (Å²) in [4.78, 5) is 11.1. The molecule has 0 fully saturated rings. The fraction of sp³-hybridized carbons (Fsp3) is 0.222. The van der Waals surface area contributed by atoms with Crippen molar-refractivity contribution in [3.05, 3.63) is 29.6 Å². The van der Waals surface area contributed by atoms with E-state index in [1.54, 1.807) is 0 Å². The number of alkyl halides is 3. The van der Waals surface area contributed by atoms with E-state index in [0.717, 1.165) is 12.1 Å². The maximum atomic E-state index is 12.8. The molecule has 86 valence electrons. The monoisotopic (exact) mass is 235 g/mol. The summed E-state index contributed by atoms with van der Waals surface area (Å²) in [5.74, 6) is -2.58. The first kappa shape index (κ1) is 10.9. The Morgan fingerprint density at radius 2 is 1.94 bits per heavy atom. The summed E-state index contributed by atoms with van der Waals surface area (Å²) < 4.78 is 50.5. The molecular weight excluding hydrogens is 230 g/mol. The lowest BCUT2D eigenvalue weighted by molar-refractivity contribution is -0.252. The minimum Gasteiger partial charge on any atom is -0.368 e. The van der Waals surface area contributed by atoms with Crippen molar-refractivity contribution in [2.24, 2.45) is 0 Å². The maximum Gasteiger partial charge on any atom is 0.430 e. The van der Waals surface area contributed by atoms with E-state index < -0.39 is 29.1 Å². The molecule has 16 heavy (non-hydrogen) atoms. The molecule has 1 heterocycles. The van der Waals surface area contributed by atoms with Crippen LogP contribution in [-0.4, -0.2) is 17.2 Å². The number of benzene rings is 1. The molecule has 1 aliphatic heterocycles. The first-order valence-electron chi connectivity index (χ1n) is 4.17. The van der Waals surface area contributed by atoms with Crippen LogP contribution in [0.25, 0.3) is 0 Å². The molecule has 1 unspecified atom stereocenters. The van der Waals surface area contributed by atoms with Crippen molar-refractivity contribution in [3.8, 4) is 0 Å². The van der Waals surface area contributed by atoms with Crippen molar-refractivity contribution in [3.63, 3.8) is 0 Å². The van der Waals surface area contributed by atoms with E-state index in [4.69, 9.17) is 0 Å². The van der Waals surface area contributed by atoms with Gasteiger partial charge in [-0.2, -0.15) is 13.2 Å². The Hall–Kier alpha value is -1.63. The third-order valence-corrected chi connectivity index (χ3v) is 2.36. The smallest absolute Gasteiger partial charge is 0.368 e. The van der Waals surface area contributed by atoms with Gasteiger partial charge >= 0.3 is 6.18 Å². The second-order valence-corrected chi connectivity index (χ2v) is 3.35. The number of carbonyl (C=O) groups is 1. The highest BCUT2D eigenvalue weighted by atomic mass is 19.4. The standard InChI is InChI=1S/C9H5F4NO2/c10-4-1-2-6-5(3-4)8(16,7(15)14-6)9(11,12)13/h1-3,16H,(H,14,15). The Labute approximate surface area is 86.7 Å². The van der Waals surface area contributed by atoms with Crippen molar-refractivity contribution in [2.75, 3.05) is 5.32 Å². The molecule has 2 N–H and O–H groups in total. The Bertz CT molecular complexity index is 471. The average Bonchev–Trinajstić information content (AvgIpc) is 2.41. The van der Waals surface area contributed by atoms with E-state index in [1.807, 2.05) is 5.32 Å². The topological polar surface area (TPSA) is 49.3 Å². The fourth-order valence-corrected chi connectivity index (χ4v) is 1.54. The van der Waals surface area contributed by atoms with Crippen LogP contribution in [0.3, 0.4) is 0 Å². The molecule has 0 spiro atoms. The van der Waals surface area contributed by atoms with Gasteiger partial charge in [0.25, 0.3) is 11.5 Å². The quantitative estimate of drug-likeness (QED) is 0.670. The van der Waals surface area contributed by atoms with Crippen LogP contribution in [0, 0.1) is 5.82 Å². The highest BCUT2D eigenvalue weighted by Crippen LogP contribution is 2.46. The minimum absolute atomic E-state index is 0.244. The zero-order valence-corrected chi connectivity index (χ0v) is 7.60. The second kappa shape index (κ2) is 2.94. The van der Waals surface area contributed by atoms with E-state index >= 15 is 0 Å². The summed E-state index contributed by atoms with van der Waals surface area (Å²) in [6, 6.07) is 2.34. The number of amides is 1. The molecule has 7 heteroatoms. The van der Waals surface area contributed by atoms with Gasteiger partial charge in [-0.1, -0.05) is 0 Å². The molecule has 1 aromatic rings. The number of halogens is 4. The van der Waals surface area contributed by atoms with Gasteiger partial charge in [0.2, 0.25) is 0 Å². The summed E-state index contributed by atoms with van der Waals surface area (Å²) in [6.45, 7) is 0. The van der Waals surface area contributed by atoms with Gasteiger partial charge < -0.3 is 10.4 Å². The second-order valence-electron chi connectivity index (χ2n) is 3.35. The van der Waals surface area contributed by atoms with Gasteiger partial charge in [-0.05, 0) is 18.2 Å². The zero-order chi connectivity index (χ0) is 12.1. The number of hydrogen-bond acceptors (Lipinski definition) is 2. The first-order valence-corrected chi connectivity index (χ1v) is 4.17. The molecule has 3 nitrogen and oxygen atoms in total. The minimum atomic E-state index is -5.20. The summed E-state index contributed by atoms with van der Waals surface area (Å²) in [6.07, 6.45) is -5.20. The molecule has 1 aromatic carbocycles. The van der Waals surface area contributed by atoms with Crippen LogP contribution in [0.5, 0.6) is 0 Å². The van der Waals surface area contributed by atoms with E-state index in [2.05, 4.69) is 0 Å². The van der Waals surface area contributed by atoms with Crippen molar-refractivity contribution in [1.82, 2.24) is 0 Å². The van der Waals surface area contributed by atoms with Crippen molar-refractivity contribution in [2.45, 2.75) is 11.8 Å². The Morgan fingerprint density at radius 3 is 2.50 bits per heavy atom. The Balaban J connectivity index is 2.67. The lowest BCUT2D eigenvalue weighted by Gasteiger charge is -2.23. The fourth-order valence-electron chi connectivity index (χ4n) is 1.54. The number of aliphatic hydroxyl groups is 1. The van der Waals surface area contributed by atoms with Gasteiger partial charge in [0.15, 0.2) is 0 Å². The predicted octanol–water partition coefficient (Wildman–Crippen LogP) is 1.53. The van der Waals surface area contributed by atoms with Gasteiger partial charge in [-0.15, -0.1) is 0 Å². The molecule has 0 bridgehead atoms. The molecule has 0 saturated heterocycles. The van der Waals surface area contributed by atoms with E-state index in [0.29, 0.717) is 6.07 Å². The number of fused-ring (bicyclic) bond motifs is 1. The average molecular weight is 235 g/mol. The summed E-state index contributed by atoms with van der Waals surface area (Å²) in [7, 11) is 0. The van der Waals surface area contributed by atoms with E-state index in [9.17, 15) is 27.5 Å². The van der Waals surface area contributed by atoms with Crippen molar-refractivity contribution >= 4 is 11.6 Å². The lowest BCUT2D eigenvalue weighted by atomic mass is 9.95. The van der Waals surface area contributed by atoms with Crippen LogP contribution in [-0.2, 0) is 10.4 Å². The molecule has 1 atom stereocenters. The normalized spacial score (nSPS) is 24.2. The van der Waals surface area contributed by atoms with Crippen LogP contribution in [0.4, 0.5) is 23.2 Å². The van der Waals surface area contributed by atoms with Gasteiger partial charge in [-0.3, -0.25) is 4.79 Å². The Kier molecular flexibility index (Phi) is 2.00. The molecular formula is C9H5F4NO2. The van der Waals surface area contributed by atoms with Crippen LogP contribution >= 0.6 is 0 Å². The predicted molar refractivity (Wildman–Crippen MR) is 45.0 cm³/mol. The van der Waals surface area contributed by atoms with Crippen LogP contribution in [0.2, 0.25) is 0 Å². The Morgan fingerprint density at radius 1 is 1.31 bits per heavy atom. The first-order chi connectivity index (χ1) is 7.26. The summed E-state index contributed by atoms with van der Waals surface area (Å²) >= 11 is 0. The summed E-state index contributed by atoms with van der Waals surface area (Å²) in [5.41, 5.74) is -4.74. The molecule has 1 amide bonds.